The van der Waals surface area contributed by atoms with Gasteiger partial charge in [-0.2, -0.15) is 0 Å². The van der Waals surface area contributed by atoms with Crippen LogP contribution in [0.2, 0.25) is 0 Å². The topological polar surface area (TPSA) is 50.8 Å². The van der Waals surface area contributed by atoms with E-state index >= 15 is 0 Å². The average molecular weight is 252 g/mol. The van der Waals surface area contributed by atoms with Crippen LogP contribution in [0.3, 0.4) is 0 Å². The van der Waals surface area contributed by atoms with Crippen LogP contribution in [0.25, 0.3) is 0 Å². The van der Waals surface area contributed by atoms with E-state index in [0.29, 0.717) is 13.2 Å². The van der Waals surface area contributed by atoms with Crippen LogP contribution in [0.5, 0.6) is 0 Å². The van der Waals surface area contributed by atoms with E-state index < -0.39 is 8.18 Å². The van der Waals surface area contributed by atoms with Crippen molar-refractivity contribution in [3.63, 3.8) is 0 Å². The maximum atomic E-state index is 11.4. The van der Waals surface area contributed by atoms with Crippen molar-refractivity contribution in [1.82, 2.24) is 9.99 Å². The van der Waals surface area contributed by atoms with Gasteiger partial charge in [0.05, 0.1) is 18.8 Å². The van der Waals surface area contributed by atoms with Gasteiger partial charge in [-0.3, -0.25) is 4.57 Å². The van der Waals surface area contributed by atoms with Crippen molar-refractivity contribution in [2.24, 2.45) is 0 Å². The van der Waals surface area contributed by atoms with Crippen LogP contribution in [-0.2, 0) is 13.8 Å². The van der Waals surface area contributed by atoms with E-state index in [1.54, 1.807) is 18.8 Å². The smallest absolute Gasteiger partial charge is 0.260 e. The Morgan fingerprint density at radius 3 is 2.50 bits per heavy atom. The Kier molecular flexibility index (Phi) is 9.18. The van der Waals surface area contributed by atoms with Gasteiger partial charge in [0.15, 0.2) is 0 Å². The molecule has 0 heterocycles. The normalized spacial score (nSPS) is 17.4. The number of hydrogen-bond donors (Lipinski definition) is 1. The van der Waals surface area contributed by atoms with Gasteiger partial charge in [0.2, 0.25) is 0 Å². The Bertz CT molecular complexity index is 203. The zero-order chi connectivity index (χ0) is 12.6. The van der Waals surface area contributed by atoms with E-state index in [0.717, 1.165) is 6.42 Å². The first-order chi connectivity index (χ1) is 7.51. The summed E-state index contributed by atoms with van der Waals surface area (Å²) in [6.45, 7) is 5.16. The standard InChI is InChI=1S/C10H25N2O3P/c1-6-9(2)15-10(7-11-3)8-14-16(13)12(4)5/h9-11,16H,6-8H2,1-5H3/t9-,10-/m0/s1. The lowest BCUT2D eigenvalue weighted by Crippen LogP contribution is -2.33. The molecule has 0 saturated heterocycles. The molecular formula is C10H25N2O3P. The first-order valence-corrected chi connectivity index (χ1v) is 6.91. The number of rotatable bonds is 9. The highest BCUT2D eigenvalue weighted by Gasteiger charge is 2.14. The van der Waals surface area contributed by atoms with Gasteiger partial charge in [-0.15, -0.1) is 0 Å². The predicted molar refractivity (Wildman–Crippen MR) is 67.2 cm³/mol. The summed E-state index contributed by atoms with van der Waals surface area (Å²) in [6.07, 6.45) is 1.11. The highest BCUT2D eigenvalue weighted by Crippen LogP contribution is 2.24. The van der Waals surface area contributed by atoms with Crippen LogP contribution in [0, 0.1) is 0 Å². The SMILES string of the molecule is CC[C@H](C)O[C@@H](CNC)CO[PH](=O)N(C)C. The fourth-order valence-corrected chi connectivity index (χ4v) is 1.68. The molecule has 0 radical (unpaired) electrons. The lowest BCUT2D eigenvalue weighted by molar-refractivity contribution is -0.0244. The Hall–Kier alpha value is 0.0700. The van der Waals surface area contributed by atoms with E-state index in [2.05, 4.69) is 12.2 Å². The van der Waals surface area contributed by atoms with Crippen LogP contribution < -0.4 is 5.32 Å². The molecule has 1 unspecified atom stereocenters. The lowest BCUT2D eigenvalue weighted by atomic mass is 10.3. The summed E-state index contributed by atoms with van der Waals surface area (Å²) in [5.74, 6) is 0. The van der Waals surface area contributed by atoms with Crippen molar-refractivity contribution in [2.75, 3.05) is 34.3 Å². The number of hydrogen-bond acceptors (Lipinski definition) is 4. The molecule has 0 amide bonds. The molecule has 16 heavy (non-hydrogen) atoms. The van der Waals surface area contributed by atoms with E-state index in [1.165, 1.54) is 0 Å². The van der Waals surface area contributed by atoms with Crippen LogP contribution in [0.4, 0.5) is 0 Å². The van der Waals surface area contributed by atoms with Gasteiger partial charge in [-0.1, -0.05) is 6.92 Å². The monoisotopic (exact) mass is 252 g/mol. The van der Waals surface area contributed by atoms with Crippen LogP contribution >= 0.6 is 8.18 Å². The number of nitrogens with one attached hydrogen (secondary N) is 1. The number of likely N-dealkylation sites (N-methyl/N-ethyl adjacent to an activating group) is 1. The van der Waals surface area contributed by atoms with Crippen molar-refractivity contribution in [3.8, 4) is 0 Å². The van der Waals surface area contributed by atoms with E-state index in [1.807, 2.05) is 14.0 Å². The summed E-state index contributed by atoms with van der Waals surface area (Å²) in [5, 5.41) is 3.04. The van der Waals surface area contributed by atoms with Gasteiger partial charge in [-0.25, -0.2) is 4.67 Å². The summed E-state index contributed by atoms with van der Waals surface area (Å²) in [6, 6.07) is 0. The minimum atomic E-state index is -2.09. The van der Waals surface area contributed by atoms with Crippen molar-refractivity contribution in [3.05, 3.63) is 0 Å². The molecule has 3 atom stereocenters. The summed E-state index contributed by atoms with van der Waals surface area (Å²) in [4.78, 5) is 0. The highest BCUT2D eigenvalue weighted by molar-refractivity contribution is 7.36. The molecular weight excluding hydrogens is 227 g/mol. The predicted octanol–water partition coefficient (Wildman–Crippen LogP) is 1.36. The quantitative estimate of drug-likeness (QED) is 0.628. The maximum absolute atomic E-state index is 11.4. The molecule has 1 N–H and O–H groups in total. The number of nitrogens with zero attached hydrogens (tertiary/aromatic N) is 1. The van der Waals surface area contributed by atoms with Gasteiger partial charge in [-0.05, 0) is 34.5 Å². The van der Waals surface area contributed by atoms with Gasteiger partial charge in [0.25, 0.3) is 8.18 Å². The van der Waals surface area contributed by atoms with Gasteiger partial charge in [0, 0.05) is 6.54 Å². The third-order valence-corrected chi connectivity index (χ3v) is 3.33. The first-order valence-electron chi connectivity index (χ1n) is 5.65. The highest BCUT2D eigenvalue weighted by atomic mass is 31.1. The molecule has 0 rings (SSSR count). The molecule has 0 saturated carbocycles. The zero-order valence-corrected chi connectivity index (χ0v) is 11.9. The minimum absolute atomic E-state index is 0.0474. The van der Waals surface area contributed by atoms with E-state index in [-0.39, 0.29) is 12.2 Å². The molecule has 0 aliphatic carbocycles. The Morgan fingerprint density at radius 1 is 1.44 bits per heavy atom. The van der Waals surface area contributed by atoms with Crippen molar-refractivity contribution < 1.29 is 13.8 Å². The van der Waals surface area contributed by atoms with Crippen LogP contribution in [-0.4, -0.2) is 51.2 Å². The maximum Gasteiger partial charge on any atom is 0.260 e. The molecule has 6 heteroatoms. The summed E-state index contributed by atoms with van der Waals surface area (Å²) in [5.41, 5.74) is 0. The van der Waals surface area contributed by atoms with E-state index in [9.17, 15) is 4.57 Å². The Morgan fingerprint density at radius 2 is 2.06 bits per heavy atom. The fourth-order valence-electron chi connectivity index (χ4n) is 1.09. The fraction of sp³-hybridized carbons (Fsp3) is 1.00. The lowest BCUT2D eigenvalue weighted by Gasteiger charge is -2.22. The second-order valence-corrected chi connectivity index (χ2v) is 5.72. The Labute approximate surface area is 99.4 Å². The second kappa shape index (κ2) is 9.14. The number of ether oxygens (including phenoxy) is 1. The summed E-state index contributed by atoms with van der Waals surface area (Å²) in [7, 11) is 3.26. The van der Waals surface area contributed by atoms with Crippen molar-refractivity contribution in [1.29, 1.82) is 0 Å². The molecule has 0 aromatic carbocycles. The Balaban J connectivity index is 3.97. The third-order valence-electron chi connectivity index (χ3n) is 2.19. The molecule has 0 bridgehead atoms. The first kappa shape index (κ1) is 16.1. The largest absolute Gasteiger partial charge is 0.372 e. The summed E-state index contributed by atoms with van der Waals surface area (Å²) < 4.78 is 24.0. The van der Waals surface area contributed by atoms with Crippen LogP contribution in [0.15, 0.2) is 0 Å². The van der Waals surface area contributed by atoms with Gasteiger partial charge in [0.1, 0.15) is 0 Å². The molecule has 0 spiro atoms. The molecule has 0 fully saturated rings. The van der Waals surface area contributed by atoms with Gasteiger partial charge >= 0.3 is 0 Å². The molecule has 0 aliphatic rings. The molecule has 98 valence electrons. The third kappa shape index (κ3) is 7.36. The molecule has 0 aromatic heterocycles. The van der Waals surface area contributed by atoms with Crippen LogP contribution in [0.1, 0.15) is 20.3 Å². The molecule has 5 nitrogen and oxygen atoms in total. The van der Waals surface area contributed by atoms with E-state index in [4.69, 9.17) is 9.26 Å². The zero-order valence-electron chi connectivity index (χ0n) is 10.9. The second-order valence-electron chi connectivity index (χ2n) is 4.01. The molecule has 0 aromatic rings. The summed E-state index contributed by atoms with van der Waals surface area (Å²) >= 11 is 0. The average Bonchev–Trinajstić information content (AvgIpc) is 2.25. The van der Waals surface area contributed by atoms with Crippen molar-refractivity contribution >= 4 is 8.18 Å². The minimum Gasteiger partial charge on any atom is -0.372 e. The van der Waals surface area contributed by atoms with Gasteiger partial charge < -0.3 is 14.6 Å². The van der Waals surface area contributed by atoms with Crippen molar-refractivity contribution in [2.45, 2.75) is 32.5 Å². The molecule has 0 aliphatic heterocycles.